The zero-order valence-electron chi connectivity index (χ0n) is 7.71. The molecule has 1 aromatic carbocycles. The maximum Gasteiger partial charge on any atom is 0.0625 e. The van der Waals surface area contributed by atoms with Crippen molar-refractivity contribution in [2.24, 2.45) is 0 Å². The minimum atomic E-state index is 0.649. The van der Waals surface area contributed by atoms with Crippen molar-refractivity contribution in [3.05, 3.63) is 34.9 Å². The van der Waals surface area contributed by atoms with Crippen LogP contribution in [0, 0.1) is 11.3 Å². The Balaban J connectivity index is 2.26. The fraction of sp³-hybridized carbons (Fsp3) is 0.417. The minimum absolute atomic E-state index is 0.649. The fourth-order valence-electron chi connectivity index (χ4n) is 2.12. The first-order chi connectivity index (χ1) is 6.42. The third-order valence-electron chi connectivity index (χ3n) is 2.75. The SMILES string of the molecule is N#CCCc1cccc2c1CCC2. The van der Waals surface area contributed by atoms with Gasteiger partial charge in [0.2, 0.25) is 0 Å². The van der Waals surface area contributed by atoms with Crippen LogP contribution in [0.15, 0.2) is 18.2 Å². The van der Waals surface area contributed by atoms with Crippen molar-refractivity contribution in [3.63, 3.8) is 0 Å². The van der Waals surface area contributed by atoms with Crippen molar-refractivity contribution < 1.29 is 0 Å². The van der Waals surface area contributed by atoms with E-state index in [1.165, 1.54) is 36.0 Å². The molecule has 0 fully saturated rings. The topological polar surface area (TPSA) is 23.8 Å². The zero-order chi connectivity index (χ0) is 9.10. The smallest absolute Gasteiger partial charge is 0.0625 e. The molecule has 66 valence electrons. The van der Waals surface area contributed by atoms with Gasteiger partial charge in [0.1, 0.15) is 0 Å². The predicted molar refractivity (Wildman–Crippen MR) is 52.4 cm³/mol. The highest BCUT2D eigenvalue weighted by Crippen LogP contribution is 2.25. The van der Waals surface area contributed by atoms with Gasteiger partial charge in [-0.15, -0.1) is 0 Å². The Hall–Kier alpha value is -1.29. The molecule has 13 heavy (non-hydrogen) atoms. The van der Waals surface area contributed by atoms with Gasteiger partial charge in [-0.25, -0.2) is 0 Å². The highest BCUT2D eigenvalue weighted by atomic mass is 14.2. The summed E-state index contributed by atoms with van der Waals surface area (Å²) in [7, 11) is 0. The van der Waals surface area contributed by atoms with Gasteiger partial charge in [-0.2, -0.15) is 5.26 Å². The van der Waals surface area contributed by atoms with E-state index in [-0.39, 0.29) is 0 Å². The van der Waals surface area contributed by atoms with Gasteiger partial charge in [0.25, 0.3) is 0 Å². The molecule has 2 rings (SSSR count). The van der Waals surface area contributed by atoms with Crippen molar-refractivity contribution in [2.75, 3.05) is 0 Å². The summed E-state index contributed by atoms with van der Waals surface area (Å²) in [5.74, 6) is 0. The lowest BCUT2D eigenvalue weighted by molar-refractivity contribution is 0.899. The monoisotopic (exact) mass is 171 g/mol. The first-order valence-corrected chi connectivity index (χ1v) is 4.88. The highest BCUT2D eigenvalue weighted by Gasteiger charge is 2.13. The number of aryl methyl sites for hydroxylation is 2. The second-order valence-corrected chi connectivity index (χ2v) is 3.57. The lowest BCUT2D eigenvalue weighted by Gasteiger charge is -2.05. The molecule has 0 N–H and O–H groups in total. The first kappa shape index (κ1) is 8.31. The average molecular weight is 171 g/mol. The quantitative estimate of drug-likeness (QED) is 0.671. The molecule has 0 aliphatic heterocycles. The van der Waals surface area contributed by atoms with Gasteiger partial charge in [-0.3, -0.25) is 0 Å². The standard InChI is InChI=1S/C12H13N/c13-9-3-7-11-5-1-4-10-6-2-8-12(10)11/h1,4-5H,2-3,6-8H2. The maximum absolute atomic E-state index is 8.53. The Bertz CT molecular complexity index is 347. The lowest BCUT2D eigenvalue weighted by atomic mass is 10.00. The average Bonchev–Trinajstić information content (AvgIpc) is 2.62. The first-order valence-electron chi connectivity index (χ1n) is 4.88. The van der Waals surface area contributed by atoms with Crippen molar-refractivity contribution in [1.29, 1.82) is 5.26 Å². The molecular formula is C12H13N. The van der Waals surface area contributed by atoms with Crippen LogP contribution in [0.4, 0.5) is 0 Å². The summed E-state index contributed by atoms with van der Waals surface area (Å²) >= 11 is 0. The molecule has 1 aliphatic carbocycles. The van der Waals surface area contributed by atoms with Crippen LogP contribution in [0.1, 0.15) is 29.5 Å². The number of hydrogen-bond donors (Lipinski definition) is 0. The minimum Gasteiger partial charge on any atom is -0.198 e. The van der Waals surface area contributed by atoms with Crippen LogP contribution in [0.2, 0.25) is 0 Å². The largest absolute Gasteiger partial charge is 0.198 e. The Morgan fingerprint density at radius 1 is 1.31 bits per heavy atom. The molecule has 0 saturated heterocycles. The van der Waals surface area contributed by atoms with Crippen LogP contribution < -0.4 is 0 Å². The summed E-state index contributed by atoms with van der Waals surface area (Å²) in [4.78, 5) is 0. The summed E-state index contributed by atoms with van der Waals surface area (Å²) in [6.45, 7) is 0. The molecule has 1 heteroatoms. The lowest BCUT2D eigenvalue weighted by Crippen LogP contribution is -1.92. The Morgan fingerprint density at radius 2 is 2.23 bits per heavy atom. The maximum atomic E-state index is 8.53. The van der Waals surface area contributed by atoms with Crippen LogP contribution in [0.3, 0.4) is 0 Å². The van der Waals surface area contributed by atoms with Gasteiger partial charge in [-0.1, -0.05) is 18.2 Å². The van der Waals surface area contributed by atoms with E-state index in [4.69, 9.17) is 5.26 Å². The molecule has 0 unspecified atom stereocenters. The summed E-state index contributed by atoms with van der Waals surface area (Å²) in [5, 5.41) is 8.53. The van der Waals surface area contributed by atoms with Crippen molar-refractivity contribution in [1.82, 2.24) is 0 Å². The molecule has 0 atom stereocenters. The number of benzene rings is 1. The van der Waals surface area contributed by atoms with E-state index < -0.39 is 0 Å². The van der Waals surface area contributed by atoms with E-state index in [9.17, 15) is 0 Å². The highest BCUT2D eigenvalue weighted by molar-refractivity contribution is 5.38. The van der Waals surface area contributed by atoms with Gasteiger partial charge < -0.3 is 0 Å². The summed E-state index contributed by atoms with van der Waals surface area (Å²) < 4.78 is 0. The summed E-state index contributed by atoms with van der Waals surface area (Å²) in [6.07, 6.45) is 5.32. The number of fused-ring (bicyclic) bond motifs is 1. The second-order valence-electron chi connectivity index (χ2n) is 3.57. The molecule has 0 heterocycles. The van der Waals surface area contributed by atoms with Crippen LogP contribution in [0.25, 0.3) is 0 Å². The predicted octanol–water partition coefficient (Wildman–Crippen LogP) is 2.63. The van der Waals surface area contributed by atoms with Crippen LogP contribution in [0.5, 0.6) is 0 Å². The Morgan fingerprint density at radius 3 is 3.08 bits per heavy atom. The molecule has 0 aromatic heterocycles. The third kappa shape index (κ3) is 1.58. The molecule has 1 nitrogen and oxygen atoms in total. The zero-order valence-corrected chi connectivity index (χ0v) is 7.71. The number of nitrogens with zero attached hydrogens (tertiary/aromatic N) is 1. The molecule has 1 aliphatic rings. The molecule has 0 spiro atoms. The third-order valence-corrected chi connectivity index (χ3v) is 2.75. The van der Waals surface area contributed by atoms with E-state index in [0.29, 0.717) is 6.42 Å². The number of nitriles is 1. The normalized spacial score (nSPS) is 13.8. The van der Waals surface area contributed by atoms with Crippen molar-refractivity contribution in [3.8, 4) is 6.07 Å². The van der Waals surface area contributed by atoms with Gasteiger partial charge in [0, 0.05) is 6.42 Å². The van der Waals surface area contributed by atoms with E-state index in [0.717, 1.165) is 6.42 Å². The van der Waals surface area contributed by atoms with Gasteiger partial charge in [0.05, 0.1) is 6.07 Å². The van der Waals surface area contributed by atoms with Crippen molar-refractivity contribution in [2.45, 2.75) is 32.1 Å². The van der Waals surface area contributed by atoms with Gasteiger partial charge >= 0.3 is 0 Å². The van der Waals surface area contributed by atoms with E-state index in [2.05, 4.69) is 24.3 Å². The van der Waals surface area contributed by atoms with Crippen LogP contribution >= 0.6 is 0 Å². The number of hydrogen-bond acceptors (Lipinski definition) is 1. The number of rotatable bonds is 2. The molecule has 0 bridgehead atoms. The molecular weight excluding hydrogens is 158 g/mol. The van der Waals surface area contributed by atoms with E-state index >= 15 is 0 Å². The van der Waals surface area contributed by atoms with E-state index in [1.807, 2.05) is 0 Å². The summed E-state index contributed by atoms with van der Waals surface area (Å²) in [5.41, 5.74) is 4.43. The Kier molecular flexibility index (Phi) is 2.31. The van der Waals surface area contributed by atoms with Gasteiger partial charge in [-0.05, 0) is 42.4 Å². The summed E-state index contributed by atoms with van der Waals surface area (Å²) in [6, 6.07) is 8.72. The van der Waals surface area contributed by atoms with E-state index in [1.54, 1.807) is 0 Å². The Labute approximate surface area is 79.0 Å². The van der Waals surface area contributed by atoms with Crippen molar-refractivity contribution >= 4 is 0 Å². The van der Waals surface area contributed by atoms with Crippen LogP contribution in [-0.2, 0) is 19.3 Å². The molecule has 1 aromatic rings. The van der Waals surface area contributed by atoms with Gasteiger partial charge in [0.15, 0.2) is 0 Å². The second kappa shape index (κ2) is 3.62. The molecule has 0 saturated carbocycles. The van der Waals surface area contributed by atoms with Crippen LogP contribution in [-0.4, -0.2) is 0 Å². The fourth-order valence-corrected chi connectivity index (χ4v) is 2.12. The molecule has 0 amide bonds. The molecule has 0 radical (unpaired) electrons.